The van der Waals surface area contributed by atoms with Crippen LogP contribution in [0.4, 0.5) is 0 Å². The predicted octanol–water partition coefficient (Wildman–Crippen LogP) is 1.06. The fourth-order valence-electron chi connectivity index (χ4n) is 1.42. The van der Waals surface area contributed by atoms with Crippen molar-refractivity contribution in [3.63, 3.8) is 0 Å². The summed E-state index contributed by atoms with van der Waals surface area (Å²) in [6, 6.07) is 0. The minimum Gasteiger partial charge on any atom is -0.310 e. The molecule has 0 aliphatic carbocycles. The Balaban J connectivity index is 2.16. The van der Waals surface area contributed by atoms with E-state index in [2.05, 4.69) is 27.6 Å². The first-order valence-corrected chi connectivity index (χ1v) is 4.22. The lowest BCUT2D eigenvalue weighted by Crippen LogP contribution is -2.24. The van der Waals surface area contributed by atoms with Crippen LogP contribution in [0.15, 0.2) is 24.8 Å². The Bertz CT molecular complexity index is 274. The van der Waals surface area contributed by atoms with Crippen molar-refractivity contribution in [2.24, 2.45) is 0 Å². The van der Waals surface area contributed by atoms with Crippen LogP contribution in [0.2, 0.25) is 0 Å². The Kier molecular flexibility index (Phi) is 1.96. The first-order chi connectivity index (χ1) is 5.86. The zero-order chi connectivity index (χ0) is 8.39. The van der Waals surface area contributed by atoms with Gasteiger partial charge in [0.05, 0.1) is 6.33 Å². The molecule has 64 valence electrons. The largest absolute Gasteiger partial charge is 0.310 e. The Morgan fingerprint density at radius 2 is 2.42 bits per heavy atom. The van der Waals surface area contributed by atoms with E-state index in [0.717, 1.165) is 19.5 Å². The molecule has 12 heavy (non-hydrogen) atoms. The van der Waals surface area contributed by atoms with Crippen molar-refractivity contribution in [1.82, 2.24) is 14.5 Å². The van der Waals surface area contributed by atoms with Crippen LogP contribution in [0.3, 0.4) is 0 Å². The summed E-state index contributed by atoms with van der Waals surface area (Å²) in [6.45, 7) is 2.19. The van der Waals surface area contributed by atoms with E-state index < -0.39 is 0 Å². The lowest BCUT2D eigenvalue weighted by molar-refractivity contribution is 0.366. The smallest absolute Gasteiger partial charge is 0.0989 e. The lowest BCUT2D eigenvalue weighted by atomic mass is 10.2. The molecular formula is C9H13N3. The average molecular weight is 163 g/mol. The summed E-state index contributed by atoms with van der Waals surface area (Å²) < 4.78 is 2.09. The summed E-state index contributed by atoms with van der Waals surface area (Å²) in [5, 5.41) is 0. The molecule has 0 N–H and O–H groups in total. The number of hydrogen-bond acceptors (Lipinski definition) is 2. The van der Waals surface area contributed by atoms with Gasteiger partial charge < -0.3 is 9.47 Å². The van der Waals surface area contributed by atoms with Crippen LogP contribution in [0.1, 0.15) is 6.42 Å². The third kappa shape index (κ3) is 1.41. The molecule has 0 saturated heterocycles. The van der Waals surface area contributed by atoms with E-state index in [4.69, 9.17) is 0 Å². The molecule has 0 unspecified atom stereocenters. The summed E-state index contributed by atoms with van der Waals surface area (Å²) in [7, 11) is 2.14. The van der Waals surface area contributed by atoms with E-state index in [0.29, 0.717) is 0 Å². The van der Waals surface area contributed by atoms with Gasteiger partial charge in [-0.1, -0.05) is 6.08 Å². The molecule has 2 rings (SSSR count). The SMILES string of the molecule is CN1CC=C(n2ccnc2)CC1. The van der Waals surface area contributed by atoms with Crippen LogP contribution >= 0.6 is 0 Å². The minimum atomic E-state index is 1.05. The summed E-state index contributed by atoms with van der Waals surface area (Å²) in [5.74, 6) is 0. The minimum absolute atomic E-state index is 1.05. The molecule has 0 fully saturated rings. The molecule has 0 bridgehead atoms. The standard InChI is InChI=1S/C9H13N3/c1-11-5-2-9(3-6-11)12-7-4-10-8-12/h2,4,7-8H,3,5-6H2,1H3. The number of nitrogens with zero attached hydrogens (tertiary/aromatic N) is 3. The quantitative estimate of drug-likeness (QED) is 0.617. The van der Waals surface area contributed by atoms with Crippen molar-refractivity contribution in [3.8, 4) is 0 Å². The number of hydrogen-bond donors (Lipinski definition) is 0. The first kappa shape index (κ1) is 7.55. The monoisotopic (exact) mass is 163 g/mol. The third-order valence-electron chi connectivity index (χ3n) is 2.22. The van der Waals surface area contributed by atoms with Crippen LogP contribution in [0, 0.1) is 0 Å². The predicted molar refractivity (Wildman–Crippen MR) is 48.6 cm³/mol. The van der Waals surface area contributed by atoms with Crippen molar-refractivity contribution in [2.45, 2.75) is 6.42 Å². The number of rotatable bonds is 1. The van der Waals surface area contributed by atoms with Crippen molar-refractivity contribution >= 4 is 5.70 Å². The van der Waals surface area contributed by atoms with Gasteiger partial charge in [0, 0.05) is 37.6 Å². The van der Waals surface area contributed by atoms with E-state index in [1.807, 2.05) is 18.7 Å². The van der Waals surface area contributed by atoms with Gasteiger partial charge in [-0.3, -0.25) is 0 Å². The molecule has 1 aromatic heterocycles. The van der Waals surface area contributed by atoms with Crippen molar-refractivity contribution in [3.05, 3.63) is 24.8 Å². The van der Waals surface area contributed by atoms with Gasteiger partial charge >= 0.3 is 0 Å². The van der Waals surface area contributed by atoms with Gasteiger partial charge in [-0.05, 0) is 7.05 Å². The normalized spacial score (nSPS) is 19.2. The summed E-state index contributed by atoms with van der Waals surface area (Å²) in [6.07, 6.45) is 9.05. The van der Waals surface area contributed by atoms with Gasteiger partial charge in [-0.25, -0.2) is 4.98 Å². The molecule has 0 radical (unpaired) electrons. The Morgan fingerprint density at radius 1 is 1.50 bits per heavy atom. The summed E-state index contributed by atoms with van der Waals surface area (Å²) >= 11 is 0. The van der Waals surface area contributed by atoms with Gasteiger partial charge in [-0.2, -0.15) is 0 Å². The fourth-order valence-corrected chi connectivity index (χ4v) is 1.42. The van der Waals surface area contributed by atoms with E-state index in [9.17, 15) is 0 Å². The zero-order valence-electron chi connectivity index (χ0n) is 7.27. The topological polar surface area (TPSA) is 21.1 Å². The fraction of sp³-hybridized carbons (Fsp3) is 0.444. The molecule has 3 nitrogen and oxygen atoms in total. The van der Waals surface area contributed by atoms with E-state index in [1.165, 1.54) is 5.70 Å². The molecule has 0 spiro atoms. The van der Waals surface area contributed by atoms with Gasteiger partial charge in [0.2, 0.25) is 0 Å². The second-order valence-corrected chi connectivity index (χ2v) is 3.18. The van der Waals surface area contributed by atoms with Crippen LogP contribution < -0.4 is 0 Å². The second kappa shape index (κ2) is 3.11. The highest BCUT2D eigenvalue weighted by Crippen LogP contribution is 2.13. The van der Waals surface area contributed by atoms with Crippen molar-refractivity contribution in [2.75, 3.05) is 20.1 Å². The number of likely N-dealkylation sites (N-methyl/N-ethyl adjacent to an activating group) is 1. The van der Waals surface area contributed by atoms with Crippen LogP contribution in [0.25, 0.3) is 5.70 Å². The zero-order valence-corrected chi connectivity index (χ0v) is 7.27. The molecule has 2 heterocycles. The highest BCUT2D eigenvalue weighted by atomic mass is 15.1. The van der Waals surface area contributed by atoms with E-state index in [-0.39, 0.29) is 0 Å². The Labute approximate surface area is 72.3 Å². The highest BCUT2D eigenvalue weighted by molar-refractivity contribution is 5.46. The van der Waals surface area contributed by atoms with Crippen molar-refractivity contribution in [1.29, 1.82) is 0 Å². The van der Waals surface area contributed by atoms with Gasteiger partial charge in [0.15, 0.2) is 0 Å². The molecule has 0 amide bonds. The van der Waals surface area contributed by atoms with Gasteiger partial charge in [0.25, 0.3) is 0 Å². The van der Waals surface area contributed by atoms with Gasteiger partial charge in [0.1, 0.15) is 0 Å². The maximum atomic E-state index is 4.02. The lowest BCUT2D eigenvalue weighted by Gasteiger charge is -2.21. The molecule has 0 saturated carbocycles. The number of aromatic nitrogens is 2. The molecular weight excluding hydrogens is 150 g/mol. The average Bonchev–Trinajstić information content (AvgIpc) is 2.58. The maximum Gasteiger partial charge on any atom is 0.0989 e. The van der Waals surface area contributed by atoms with Gasteiger partial charge in [-0.15, -0.1) is 0 Å². The van der Waals surface area contributed by atoms with E-state index >= 15 is 0 Å². The number of imidazole rings is 1. The molecule has 3 heteroatoms. The molecule has 1 aromatic rings. The third-order valence-corrected chi connectivity index (χ3v) is 2.22. The van der Waals surface area contributed by atoms with Crippen LogP contribution in [0.5, 0.6) is 0 Å². The molecule has 0 aromatic carbocycles. The van der Waals surface area contributed by atoms with E-state index in [1.54, 1.807) is 0 Å². The molecule has 1 aliphatic rings. The summed E-state index contributed by atoms with van der Waals surface area (Å²) in [4.78, 5) is 6.33. The molecule has 0 atom stereocenters. The maximum absolute atomic E-state index is 4.02. The van der Waals surface area contributed by atoms with Crippen molar-refractivity contribution < 1.29 is 0 Å². The van der Waals surface area contributed by atoms with Crippen LogP contribution in [-0.2, 0) is 0 Å². The highest BCUT2D eigenvalue weighted by Gasteiger charge is 2.07. The second-order valence-electron chi connectivity index (χ2n) is 3.18. The molecule has 1 aliphatic heterocycles. The Hall–Kier alpha value is -1.09. The summed E-state index contributed by atoms with van der Waals surface area (Å²) in [5.41, 5.74) is 1.37. The van der Waals surface area contributed by atoms with Crippen LogP contribution in [-0.4, -0.2) is 34.6 Å². The Morgan fingerprint density at radius 3 is 3.00 bits per heavy atom. The first-order valence-electron chi connectivity index (χ1n) is 4.22.